The quantitative estimate of drug-likeness (QED) is 0.606. The summed E-state index contributed by atoms with van der Waals surface area (Å²) in [7, 11) is 1.40. The first-order chi connectivity index (χ1) is 12.2. The molecule has 0 atom stereocenters. The van der Waals surface area contributed by atoms with E-state index in [2.05, 4.69) is 14.8 Å². The van der Waals surface area contributed by atoms with Gasteiger partial charge in [-0.25, -0.2) is 4.79 Å². The third kappa shape index (κ3) is 4.78. The fraction of sp³-hybridized carbons (Fsp3) is 0.500. The summed E-state index contributed by atoms with van der Waals surface area (Å²) in [6, 6.07) is 3.18. The number of hydrogen-bond donors (Lipinski definition) is 1. The molecule has 0 radical (unpaired) electrons. The van der Waals surface area contributed by atoms with E-state index in [1.165, 1.54) is 20.1 Å². The molecule has 1 aliphatic rings. The highest BCUT2D eigenvalue weighted by molar-refractivity contribution is 5.96. The van der Waals surface area contributed by atoms with E-state index in [4.69, 9.17) is 9.47 Å². The van der Waals surface area contributed by atoms with Crippen molar-refractivity contribution >= 4 is 17.7 Å². The van der Waals surface area contributed by atoms with Crippen LogP contribution in [0.25, 0.3) is 0 Å². The number of carbonyl (C=O) groups is 2. The van der Waals surface area contributed by atoms with Gasteiger partial charge in [-0.3, -0.25) is 4.79 Å². The fourth-order valence-corrected chi connectivity index (χ4v) is 2.12. The van der Waals surface area contributed by atoms with Crippen molar-refractivity contribution in [2.24, 2.45) is 5.41 Å². The number of amides is 1. The molecule has 1 aromatic carbocycles. The molecule has 0 aliphatic carbocycles. The molecule has 144 valence electrons. The SMILES string of the molecule is COCCOc1ccc(NC(=O)C2(C)COC(=O)OC2)cc1C(F)(F)F. The Morgan fingerprint density at radius 2 is 1.92 bits per heavy atom. The molecule has 1 heterocycles. The Hall–Kier alpha value is -2.49. The number of nitrogens with one attached hydrogen (secondary N) is 1. The molecule has 1 fully saturated rings. The largest absolute Gasteiger partial charge is 0.508 e. The molecule has 7 nitrogen and oxygen atoms in total. The lowest BCUT2D eigenvalue weighted by Crippen LogP contribution is -2.46. The highest BCUT2D eigenvalue weighted by Gasteiger charge is 2.41. The minimum atomic E-state index is -4.67. The Bertz CT molecular complexity index is 666. The van der Waals surface area contributed by atoms with E-state index >= 15 is 0 Å². The van der Waals surface area contributed by atoms with E-state index in [0.717, 1.165) is 12.1 Å². The lowest BCUT2D eigenvalue weighted by Gasteiger charge is -2.30. The van der Waals surface area contributed by atoms with E-state index < -0.39 is 29.2 Å². The monoisotopic (exact) mass is 377 g/mol. The number of benzene rings is 1. The number of rotatable bonds is 6. The average Bonchev–Trinajstić information content (AvgIpc) is 2.58. The van der Waals surface area contributed by atoms with Crippen molar-refractivity contribution in [3.8, 4) is 5.75 Å². The summed E-state index contributed by atoms with van der Waals surface area (Å²) in [4.78, 5) is 23.2. The lowest BCUT2D eigenvalue weighted by atomic mass is 9.91. The van der Waals surface area contributed by atoms with Crippen LogP contribution in [0.5, 0.6) is 5.75 Å². The van der Waals surface area contributed by atoms with Gasteiger partial charge < -0.3 is 24.3 Å². The molecule has 1 aliphatic heterocycles. The summed E-state index contributed by atoms with van der Waals surface area (Å²) >= 11 is 0. The summed E-state index contributed by atoms with van der Waals surface area (Å²) in [5.41, 5.74) is -2.30. The minimum absolute atomic E-state index is 0.0495. The predicted octanol–water partition coefficient (Wildman–Crippen LogP) is 2.84. The number of ether oxygens (including phenoxy) is 4. The number of methoxy groups -OCH3 is 1. The molecule has 0 saturated carbocycles. The average molecular weight is 377 g/mol. The normalized spacial score (nSPS) is 16.4. The van der Waals surface area contributed by atoms with Crippen LogP contribution in [0.3, 0.4) is 0 Å². The predicted molar refractivity (Wildman–Crippen MR) is 82.9 cm³/mol. The topological polar surface area (TPSA) is 83.1 Å². The van der Waals surface area contributed by atoms with Crippen LogP contribution >= 0.6 is 0 Å². The molecule has 26 heavy (non-hydrogen) atoms. The van der Waals surface area contributed by atoms with Gasteiger partial charge in [-0.2, -0.15) is 13.2 Å². The molecular weight excluding hydrogens is 359 g/mol. The van der Waals surface area contributed by atoms with Gasteiger partial charge in [0.2, 0.25) is 5.91 Å². The van der Waals surface area contributed by atoms with Crippen molar-refractivity contribution in [2.75, 3.05) is 38.9 Å². The van der Waals surface area contributed by atoms with E-state index in [0.29, 0.717) is 0 Å². The maximum Gasteiger partial charge on any atom is 0.508 e. The fourth-order valence-electron chi connectivity index (χ4n) is 2.12. The summed E-state index contributed by atoms with van der Waals surface area (Å²) < 4.78 is 58.9. The number of halogens is 3. The summed E-state index contributed by atoms with van der Waals surface area (Å²) in [6.07, 6.45) is -5.57. The van der Waals surface area contributed by atoms with Crippen molar-refractivity contribution in [2.45, 2.75) is 13.1 Å². The van der Waals surface area contributed by atoms with Crippen LogP contribution in [0.1, 0.15) is 12.5 Å². The van der Waals surface area contributed by atoms with Crippen LogP contribution < -0.4 is 10.1 Å². The molecule has 1 aromatic rings. The van der Waals surface area contributed by atoms with Crippen LogP contribution in [-0.2, 0) is 25.2 Å². The molecule has 2 rings (SSSR count). The first-order valence-corrected chi connectivity index (χ1v) is 7.60. The molecule has 0 bridgehead atoms. The van der Waals surface area contributed by atoms with Crippen LogP contribution in [-0.4, -0.2) is 45.6 Å². The van der Waals surface area contributed by atoms with Crippen LogP contribution in [0.2, 0.25) is 0 Å². The van der Waals surface area contributed by atoms with Gasteiger partial charge >= 0.3 is 12.3 Å². The molecule has 0 unspecified atom stereocenters. The molecule has 1 saturated heterocycles. The summed E-state index contributed by atoms with van der Waals surface area (Å²) in [5.74, 6) is -1.00. The van der Waals surface area contributed by atoms with Gasteiger partial charge in [0, 0.05) is 12.8 Å². The highest BCUT2D eigenvalue weighted by atomic mass is 19.4. The molecule has 0 aromatic heterocycles. The zero-order chi connectivity index (χ0) is 19.4. The van der Waals surface area contributed by atoms with Gasteiger partial charge in [0.05, 0.1) is 12.2 Å². The van der Waals surface area contributed by atoms with Crippen LogP contribution in [0, 0.1) is 5.41 Å². The van der Waals surface area contributed by atoms with Crippen molar-refractivity contribution in [3.63, 3.8) is 0 Å². The third-order valence-corrected chi connectivity index (χ3v) is 3.65. The third-order valence-electron chi connectivity index (χ3n) is 3.65. The Morgan fingerprint density at radius 1 is 1.27 bits per heavy atom. The molecular formula is C16H18F3NO6. The van der Waals surface area contributed by atoms with E-state index in [1.54, 1.807) is 0 Å². The molecule has 0 spiro atoms. The minimum Gasteiger partial charge on any atom is -0.491 e. The van der Waals surface area contributed by atoms with Gasteiger partial charge in [-0.1, -0.05) is 0 Å². The molecule has 10 heteroatoms. The maximum atomic E-state index is 13.2. The zero-order valence-corrected chi connectivity index (χ0v) is 14.1. The Balaban J connectivity index is 2.16. The first kappa shape index (κ1) is 19.8. The van der Waals surface area contributed by atoms with Gasteiger partial charge in [-0.05, 0) is 25.1 Å². The molecule has 1 N–H and O–H groups in total. The van der Waals surface area contributed by atoms with Crippen LogP contribution in [0.15, 0.2) is 18.2 Å². The van der Waals surface area contributed by atoms with E-state index in [1.807, 2.05) is 0 Å². The van der Waals surface area contributed by atoms with Gasteiger partial charge in [0.1, 0.15) is 31.0 Å². The lowest BCUT2D eigenvalue weighted by molar-refractivity contribution is -0.139. The van der Waals surface area contributed by atoms with E-state index in [-0.39, 0.29) is 37.9 Å². The number of carbonyl (C=O) groups excluding carboxylic acids is 2. The summed E-state index contributed by atoms with van der Waals surface area (Å²) in [5, 5.41) is 2.38. The second-order valence-corrected chi connectivity index (χ2v) is 5.89. The second kappa shape index (κ2) is 7.81. The molecule has 1 amide bonds. The van der Waals surface area contributed by atoms with Crippen LogP contribution in [0.4, 0.5) is 23.7 Å². The number of alkyl halides is 3. The van der Waals surface area contributed by atoms with Gasteiger partial charge in [0.15, 0.2) is 0 Å². The maximum absolute atomic E-state index is 13.2. The number of cyclic esters (lactones) is 2. The van der Waals surface area contributed by atoms with Crippen molar-refractivity contribution in [3.05, 3.63) is 23.8 Å². The first-order valence-electron chi connectivity index (χ1n) is 7.60. The highest BCUT2D eigenvalue weighted by Crippen LogP contribution is 2.38. The van der Waals surface area contributed by atoms with Gasteiger partial charge in [-0.15, -0.1) is 0 Å². The summed E-state index contributed by atoms with van der Waals surface area (Å²) in [6.45, 7) is 1.09. The Kier molecular flexibility index (Phi) is 5.96. The Labute approximate surface area is 147 Å². The van der Waals surface area contributed by atoms with Crippen molar-refractivity contribution < 1.29 is 41.7 Å². The number of hydrogen-bond acceptors (Lipinski definition) is 6. The van der Waals surface area contributed by atoms with Gasteiger partial charge in [0.25, 0.3) is 0 Å². The number of anilines is 1. The second-order valence-electron chi connectivity index (χ2n) is 5.89. The van der Waals surface area contributed by atoms with Crippen molar-refractivity contribution in [1.82, 2.24) is 0 Å². The smallest absolute Gasteiger partial charge is 0.491 e. The van der Waals surface area contributed by atoms with Crippen molar-refractivity contribution in [1.29, 1.82) is 0 Å². The van der Waals surface area contributed by atoms with E-state index in [9.17, 15) is 22.8 Å². The standard InChI is InChI=1S/C16H18F3NO6/c1-15(8-25-14(22)26-9-15)13(21)20-10-3-4-12(24-6-5-23-2)11(7-10)16(17,18)19/h3-4,7H,5-6,8-9H2,1-2H3,(H,20,21). The zero-order valence-electron chi connectivity index (χ0n) is 14.1. The Morgan fingerprint density at radius 3 is 2.50 bits per heavy atom.